The number of hydrogen-bond acceptors (Lipinski definition) is 6. The van der Waals surface area contributed by atoms with Crippen molar-refractivity contribution < 1.29 is 29.3 Å². The van der Waals surface area contributed by atoms with Crippen LogP contribution >= 0.6 is 0 Å². The second-order valence-electron chi connectivity index (χ2n) is 9.88. The number of aliphatic hydroxyl groups excluding tert-OH is 2. The first-order chi connectivity index (χ1) is 16.4. The molecule has 194 valence electrons. The summed E-state index contributed by atoms with van der Waals surface area (Å²) in [6.45, 7) is 9.65. The van der Waals surface area contributed by atoms with E-state index in [4.69, 9.17) is 4.74 Å². The van der Waals surface area contributed by atoms with Gasteiger partial charge in [0.15, 0.2) is 11.6 Å². The van der Waals surface area contributed by atoms with E-state index in [2.05, 4.69) is 13.0 Å². The molecule has 2 N–H and O–H groups in total. The van der Waals surface area contributed by atoms with E-state index in [9.17, 15) is 24.6 Å². The van der Waals surface area contributed by atoms with Gasteiger partial charge in [0.1, 0.15) is 12.2 Å². The van der Waals surface area contributed by atoms with Gasteiger partial charge in [0, 0.05) is 6.42 Å². The molecular weight excluding hydrogens is 444 g/mol. The van der Waals surface area contributed by atoms with Gasteiger partial charge in [0.05, 0.1) is 18.9 Å². The molecule has 0 amide bonds. The van der Waals surface area contributed by atoms with Crippen molar-refractivity contribution >= 4 is 17.5 Å². The van der Waals surface area contributed by atoms with Crippen LogP contribution in [0.25, 0.3) is 0 Å². The van der Waals surface area contributed by atoms with Gasteiger partial charge < -0.3 is 14.9 Å². The summed E-state index contributed by atoms with van der Waals surface area (Å²) >= 11 is 0. The first-order valence-electron chi connectivity index (χ1n) is 12.2. The minimum atomic E-state index is -1.06. The summed E-state index contributed by atoms with van der Waals surface area (Å²) in [7, 11) is 1.28. The largest absolute Gasteiger partial charge is 0.469 e. The number of methoxy groups -OCH3 is 1. The van der Waals surface area contributed by atoms with Crippen molar-refractivity contribution in [3.05, 3.63) is 58.7 Å². The van der Waals surface area contributed by atoms with Crippen molar-refractivity contribution in [1.29, 1.82) is 0 Å². The fraction of sp³-hybridized carbons (Fsp3) is 0.552. The molecule has 0 aromatic carbocycles. The number of ketones is 2. The second kappa shape index (κ2) is 14.7. The Balaban J connectivity index is 2.63. The van der Waals surface area contributed by atoms with Crippen LogP contribution < -0.4 is 0 Å². The Labute approximate surface area is 210 Å². The minimum absolute atomic E-state index is 0.0211. The van der Waals surface area contributed by atoms with Gasteiger partial charge in [-0.25, -0.2) is 0 Å². The summed E-state index contributed by atoms with van der Waals surface area (Å²) in [5.41, 5.74) is 3.00. The zero-order chi connectivity index (χ0) is 26.6. The normalized spacial score (nSPS) is 21.1. The zero-order valence-electron chi connectivity index (χ0n) is 22.1. The molecule has 1 rings (SSSR count). The van der Waals surface area contributed by atoms with Crippen molar-refractivity contribution in [3.8, 4) is 0 Å². The average molecular weight is 487 g/mol. The molecular formula is C29H42O6. The molecule has 1 aliphatic rings. The predicted octanol–water partition coefficient (Wildman–Crippen LogP) is 5.11. The lowest BCUT2D eigenvalue weighted by atomic mass is 9.70. The molecule has 1 aliphatic carbocycles. The number of rotatable bonds is 13. The number of ether oxygens (including phenoxy) is 1. The summed E-state index contributed by atoms with van der Waals surface area (Å²) in [5.74, 6) is -0.847. The van der Waals surface area contributed by atoms with Gasteiger partial charge in [-0.3, -0.25) is 14.4 Å². The maximum absolute atomic E-state index is 12.6. The van der Waals surface area contributed by atoms with Crippen molar-refractivity contribution in [2.45, 2.75) is 91.8 Å². The summed E-state index contributed by atoms with van der Waals surface area (Å²) in [5, 5.41) is 20.2. The topological polar surface area (TPSA) is 101 Å². The Morgan fingerprint density at radius 1 is 1.00 bits per heavy atom. The molecule has 0 aliphatic heterocycles. The zero-order valence-corrected chi connectivity index (χ0v) is 22.1. The molecule has 6 nitrogen and oxygen atoms in total. The SMILES string of the molecule is COC(=O)CC1(C/C=C(\C)CC/C=C(\C)CC/C=C(\C)[C@@H](O)[C@@H](O)C=C(C)C)CC(=O)C=CC1=O. The Hall–Kier alpha value is -2.57. The van der Waals surface area contributed by atoms with E-state index in [-0.39, 0.29) is 24.4 Å². The highest BCUT2D eigenvalue weighted by atomic mass is 16.5. The molecule has 0 radical (unpaired) electrons. The van der Waals surface area contributed by atoms with Crippen LogP contribution in [0.4, 0.5) is 0 Å². The van der Waals surface area contributed by atoms with E-state index in [1.54, 1.807) is 6.08 Å². The van der Waals surface area contributed by atoms with Crippen LogP contribution in [0.15, 0.2) is 58.7 Å². The van der Waals surface area contributed by atoms with Gasteiger partial charge in [-0.05, 0) is 84.4 Å². The standard InChI is InChI=1S/C29H42O6/c1-20(2)17-25(31)28(34)23(5)12-8-11-21(3)9-7-10-22(4)15-16-29(19-27(33)35-6)18-24(30)13-14-26(29)32/h9,12-15,17,25,28,31,34H,7-8,10-11,16,18-19H2,1-6H3/b21-9+,22-15+,23-12+/t25-,28+,29?/m0/s1. The van der Waals surface area contributed by atoms with Crippen LogP contribution in [0.1, 0.15) is 79.6 Å². The number of hydrogen-bond donors (Lipinski definition) is 2. The number of aliphatic hydroxyl groups is 2. The number of allylic oxidation sites excluding steroid dienone is 8. The van der Waals surface area contributed by atoms with Crippen molar-refractivity contribution in [3.63, 3.8) is 0 Å². The van der Waals surface area contributed by atoms with Crippen LogP contribution in [0, 0.1) is 5.41 Å². The highest BCUT2D eigenvalue weighted by Gasteiger charge is 2.42. The summed E-state index contributed by atoms with van der Waals surface area (Å²) in [6, 6.07) is 0. The van der Waals surface area contributed by atoms with Crippen molar-refractivity contribution in [1.82, 2.24) is 0 Å². The molecule has 0 saturated heterocycles. The lowest BCUT2D eigenvalue weighted by molar-refractivity contribution is -0.147. The van der Waals surface area contributed by atoms with Gasteiger partial charge in [-0.2, -0.15) is 0 Å². The van der Waals surface area contributed by atoms with E-state index < -0.39 is 23.6 Å². The molecule has 0 bridgehead atoms. The summed E-state index contributed by atoms with van der Waals surface area (Å²) < 4.78 is 4.76. The maximum Gasteiger partial charge on any atom is 0.306 e. The highest BCUT2D eigenvalue weighted by Crippen LogP contribution is 2.37. The predicted molar refractivity (Wildman–Crippen MR) is 139 cm³/mol. The second-order valence-corrected chi connectivity index (χ2v) is 9.88. The summed E-state index contributed by atoms with van der Waals surface area (Å²) in [4.78, 5) is 36.5. The van der Waals surface area contributed by atoms with Gasteiger partial charge >= 0.3 is 5.97 Å². The molecule has 0 aromatic rings. The third kappa shape index (κ3) is 10.7. The molecule has 6 heteroatoms. The van der Waals surface area contributed by atoms with Gasteiger partial charge in [-0.1, -0.05) is 41.0 Å². The lowest BCUT2D eigenvalue weighted by Gasteiger charge is -2.30. The third-order valence-corrected chi connectivity index (χ3v) is 6.34. The maximum atomic E-state index is 12.6. The Kier molecular flexibility index (Phi) is 12.8. The van der Waals surface area contributed by atoms with Crippen LogP contribution in [-0.4, -0.2) is 47.1 Å². The fourth-order valence-electron chi connectivity index (χ4n) is 4.04. The Morgan fingerprint density at radius 3 is 2.20 bits per heavy atom. The van der Waals surface area contributed by atoms with E-state index in [1.807, 2.05) is 39.8 Å². The first-order valence-corrected chi connectivity index (χ1v) is 12.2. The van der Waals surface area contributed by atoms with Crippen molar-refractivity contribution in [2.24, 2.45) is 5.41 Å². The van der Waals surface area contributed by atoms with Crippen LogP contribution in [-0.2, 0) is 19.1 Å². The van der Waals surface area contributed by atoms with E-state index >= 15 is 0 Å². The molecule has 35 heavy (non-hydrogen) atoms. The first kappa shape index (κ1) is 30.5. The molecule has 1 unspecified atom stereocenters. The number of carbonyl (C=O) groups is 3. The van der Waals surface area contributed by atoms with Crippen LogP contribution in [0.3, 0.4) is 0 Å². The molecule has 0 fully saturated rings. The average Bonchev–Trinajstić information content (AvgIpc) is 2.79. The minimum Gasteiger partial charge on any atom is -0.469 e. The lowest BCUT2D eigenvalue weighted by Crippen LogP contribution is -2.37. The monoisotopic (exact) mass is 486 g/mol. The number of carbonyl (C=O) groups excluding carboxylic acids is 3. The van der Waals surface area contributed by atoms with E-state index in [1.165, 1.54) is 24.8 Å². The molecule has 0 saturated carbocycles. The van der Waals surface area contributed by atoms with E-state index in [0.717, 1.165) is 42.4 Å². The van der Waals surface area contributed by atoms with Gasteiger partial charge in [0.2, 0.25) is 0 Å². The highest BCUT2D eigenvalue weighted by molar-refractivity contribution is 6.09. The molecule has 0 heterocycles. The van der Waals surface area contributed by atoms with Gasteiger partial charge in [0.25, 0.3) is 0 Å². The Morgan fingerprint density at radius 2 is 1.60 bits per heavy atom. The fourth-order valence-corrected chi connectivity index (χ4v) is 4.04. The van der Waals surface area contributed by atoms with Crippen molar-refractivity contribution in [2.75, 3.05) is 7.11 Å². The number of esters is 1. The Bertz CT molecular complexity index is 913. The molecule has 0 spiro atoms. The van der Waals surface area contributed by atoms with E-state index in [0.29, 0.717) is 6.42 Å². The molecule has 3 atom stereocenters. The smallest absolute Gasteiger partial charge is 0.306 e. The summed E-state index contributed by atoms with van der Waals surface area (Å²) in [6.07, 6.45) is 12.1. The molecule has 0 aromatic heterocycles. The third-order valence-electron chi connectivity index (χ3n) is 6.34. The van der Waals surface area contributed by atoms with Crippen LogP contribution in [0.5, 0.6) is 0 Å². The van der Waals surface area contributed by atoms with Crippen LogP contribution in [0.2, 0.25) is 0 Å². The van der Waals surface area contributed by atoms with Gasteiger partial charge in [-0.15, -0.1) is 0 Å². The quantitative estimate of drug-likeness (QED) is 0.277.